The third-order valence-electron chi connectivity index (χ3n) is 13.0. The molecule has 7 nitrogen and oxygen atoms in total. The number of carbonyl (C=O) groups is 2. The number of fused-ring (bicyclic) bond motifs is 7. The monoisotopic (exact) mass is 577 g/mol. The van der Waals surface area contributed by atoms with Gasteiger partial charge in [0.2, 0.25) is 0 Å². The zero-order valence-electron chi connectivity index (χ0n) is 24.3. The normalized spacial score (nSPS) is 51.4. The van der Waals surface area contributed by atoms with E-state index in [0.29, 0.717) is 30.3 Å². The first kappa shape index (κ1) is 27.3. The number of alkyl halides is 1. The summed E-state index contributed by atoms with van der Waals surface area (Å²) in [5, 5.41) is 21.9. The molecule has 6 saturated carbocycles. The molecule has 9 atom stereocenters. The minimum absolute atomic E-state index is 0.0166. The first-order valence-electron chi connectivity index (χ1n) is 15.5. The number of Topliss-reactive ketones (excluding diaryl/α,β-unsaturated/α-hetero) is 1. The molecule has 7 fully saturated rings. The van der Waals surface area contributed by atoms with Gasteiger partial charge in [-0.15, -0.1) is 0 Å². The van der Waals surface area contributed by atoms with Gasteiger partial charge in [0, 0.05) is 27.9 Å². The van der Waals surface area contributed by atoms with Crippen molar-refractivity contribution in [3.8, 4) is 0 Å². The van der Waals surface area contributed by atoms with Gasteiger partial charge in [0.05, 0.1) is 12.2 Å². The lowest BCUT2D eigenvalue weighted by atomic mass is 9.38. The molecule has 1 aromatic rings. The van der Waals surface area contributed by atoms with Crippen LogP contribution in [0.25, 0.3) is 0 Å². The SMILES string of the molecule is C[C@]12C=CC(=O)C=C1CC[C@H]1[C@@H]3C[C@H]4O[C@@H](c5ccc(CC67CC(N)(C6)C7)cc5)O[C@@]4(C(=O)CO)[C@@]3(C)C[C@H](O)[C@@]12F. The highest BCUT2D eigenvalue weighted by molar-refractivity contribution is 6.01. The van der Waals surface area contributed by atoms with Gasteiger partial charge in [0.1, 0.15) is 6.61 Å². The maximum Gasteiger partial charge on any atom is 0.193 e. The highest BCUT2D eigenvalue weighted by Gasteiger charge is 2.79. The van der Waals surface area contributed by atoms with Crippen molar-refractivity contribution in [1.82, 2.24) is 0 Å². The summed E-state index contributed by atoms with van der Waals surface area (Å²) in [5.41, 5.74) is 3.80. The third kappa shape index (κ3) is 3.13. The number of ether oxygens (including phenoxy) is 2. The van der Waals surface area contributed by atoms with Crippen LogP contribution in [0.5, 0.6) is 0 Å². The van der Waals surface area contributed by atoms with Crippen LogP contribution >= 0.6 is 0 Å². The fourth-order valence-corrected chi connectivity index (χ4v) is 11.2. The van der Waals surface area contributed by atoms with Crippen LogP contribution in [-0.4, -0.2) is 57.4 Å². The molecular weight excluding hydrogens is 537 g/mol. The van der Waals surface area contributed by atoms with Gasteiger partial charge in [-0.2, -0.15) is 0 Å². The number of carbonyl (C=O) groups excluding carboxylic acids is 2. The molecule has 1 aromatic carbocycles. The maximum atomic E-state index is 17.5. The second-order valence-electron chi connectivity index (χ2n) is 15.2. The molecule has 9 rings (SSSR count). The predicted octanol–water partition coefficient (Wildman–Crippen LogP) is 3.81. The van der Waals surface area contributed by atoms with Gasteiger partial charge >= 0.3 is 0 Å². The molecule has 1 aliphatic heterocycles. The molecule has 8 aliphatic rings. The van der Waals surface area contributed by atoms with E-state index in [-0.39, 0.29) is 23.7 Å². The number of hydrogen-bond donors (Lipinski definition) is 3. The molecule has 0 aromatic heterocycles. The van der Waals surface area contributed by atoms with Gasteiger partial charge in [-0.05, 0) is 87.3 Å². The molecule has 8 heteroatoms. The van der Waals surface area contributed by atoms with Crippen LogP contribution in [0, 0.1) is 28.1 Å². The number of nitrogens with two attached hydrogens (primary N) is 1. The van der Waals surface area contributed by atoms with Gasteiger partial charge in [0.15, 0.2) is 29.1 Å². The highest BCUT2D eigenvalue weighted by atomic mass is 19.1. The molecule has 42 heavy (non-hydrogen) atoms. The van der Waals surface area contributed by atoms with E-state index in [1.165, 1.54) is 17.7 Å². The summed E-state index contributed by atoms with van der Waals surface area (Å²) >= 11 is 0. The van der Waals surface area contributed by atoms with Crippen molar-refractivity contribution in [2.24, 2.45) is 33.8 Å². The van der Waals surface area contributed by atoms with Gasteiger partial charge in [-0.25, -0.2) is 4.39 Å². The molecule has 0 spiro atoms. The molecule has 0 radical (unpaired) electrons. The first-order valence-corrected chi connectivity index (χ1v) is 15.5. The molecule has 0 unspecified atom stereocenters. The molecule has 2 bridgehead atoms. The number of aliphatic hydroxyl groups is 2. The van der Waals surface area contributed by atoms with E-state index in [1.54, 1.807) is 13.0 Å². The Balaban J connectivity index is 1.10. The summed E-state index contributed by atoms with van der Waals surface area (Å²) in [6.07, 6.45) is 7.28. The first-order chi connectivity index (χ1) is 19.8. The van der Waals surface area contributed by atoms with E-state index in [1.807, 2.05) is 19.1 Å². The van der Waals surface area contributed by atoms with Crippen LogP contribution in [0.4, 0.5) is 4.39 Å². The average molecular weight is 578 g/mol. The van der Waals surface area contributed by atoms with E-state index in [0.717, 1.165) is 31.2 Å². The topological polar surface area (TPSA) is 119 Å². The summed E-state index contributed by atoms with van der Waals surface area (Å²) in [6, 6.07) is 8.14. The minimum atomic E-state index is -2.01. The second kappa shape index (κ2) is 8.27. The van der Waals surface area contributed by atoms with Crippen LogP contribution in [-0.2, 0) is 25.5 Å². The minimum Gasteiger partial charge on any atom is -0.390 e. The fourth-order valence-electron chi connectivity index (χ4n) is 11.2. The Labute approximate surface area is 245 Å². The van der Waals surface area contributed by atoms with E-state index >= 15 is 4.39 Å². The van der Waals surface area contributed by atoms with Crippen molar-refractivity contribution in [2.45, 2.75) is 101 Å². The van der Waals surface area contributed by atoms with Crippen LogP contribution in [0.3, 0.4) is 0 Å². The highest BCUT2D eigenvalue weighted by Crippen LogP contribution is 2.72. The van der Waals surface area contributed by atoms with Gasteiger partial charge in [0.25, 0.3) is 0 Å². The lowest BCUT2D eigenvalue weighted by Gasteiger charge is -2.69. The molecule has 0 amide bonds. The standard InChI is InChI=1S/C34H40FNO6/c1-29-10-9-22(38)11-21(29)7-8-23-24-12-27-34(26(40)15-37,30(24,2)14-25(39)33(23,29)35)42-28(41-27)20-5-3-19(4-6-20)13-31-16-32(36,17-31)18-31/h3-6,9-11,23-25,27-28,37,39H,7-8,12-18,36H2,1-2H3/t23-,24-,25-,27+,28+,29-,30-,31?,32?,33-,34+/m0/s1. The number of aliphatic hydroxyl groups excluding tert-OH is 2. The van der Waals surface area contributed by atoms with Crippen LogP contribution in [0.2, 0.25) is 0 Å². The van der Waals surface area contributed by atoms with Crippen molar-refractivity contribution in [2.75, 3.05) is 6.61 Å². The smallest absolute Gasteiger partial charge is 0.193 e. The van der Waals surface area contributed by atoms with Crippen LogP contribution in [0.15, 0.2) is 48.1 Å². The molecule has 1 saturated heterocycles. The Morgan fingerprint density at radius 3 is 2.52 bits per heavy atom. The van der Waals surface area contributed by atoms with Crippen molar-refractivity contribution in [1.29, 1.82) is 0 Å². The van der Waals surface area contributed by atoms with Gasteiger partial charge in [-0.1, -0.05) is 42.8 Å². The number of benzene rings is 1. The summed E-state index contributed by atoms with van der Waals surface area (Å²) in [4.78, 5) is 25.8. The Hall–Kier alpha value is -2.23. The summed E-state index contributed by atoms with van der Waals surface area (Å²) in [6.45, 7) is 2.96. The van der Waals surface area contributed by atoms with Crippen molar-refractivity contribution < 1.29 is 33.7 Å². The van der Waals surface area contributed by atoms with E-state index < -0.39 is 58.9 Å². The molecule has 4 N–H and O–H groups in total. The molecular formula is C34H40FNO6. The number of rotatable bonds is 5. The zero-order chi connectivity index (χ0) is 29.5. The fraction of sp³-hybridized carbons (Fsp3) is 0.647. The van der Waals surface area contributed by atoms with Crippen molar-refractivity contribution in [3.05, 3.63) is 59.2 Å². The number of hydrogen-bond acceptors (Lipinski definition) is 7. The largest absolute Gasteiger partial charge is 0.390 e. The number of ketones is 2. The maximum absolute atomic E-state index is 17.5. The average Bonchev–Trinajstić information content (AvgIpc) is 3.42. The van der Waals surface area contributed by atoms with E-state index in [9.17, 15) is 19.8 Å². The summed E-state index contributed by atoms with van der Waals surface area (Å²) < 4.78 is 30.7. The summed E-state index contributed by atoms with van der Waals surface area (Å²) in [7, 11) is 0. The van der Waals surface area contributed by atoms with Crippen LogP contribution < -0.4 is 5.73 Å². The Morgan fingerprint density at radius 2 is 1.86 bits per heavy atom. The Kier molecular flexibility index (Phi) is 5.38. The lowest BCUT2D eigenvalue weighted by molar-refractivity contribution is -0.231. The lowest BCUT2D eigenvalue weighted by Crippen LogP contribution is -2.72. The second-order valence-corrected chi connectivity index (χ2v) is 15.2. The van der Waals surface area contributed by atoms with Gasteiger partial charge < -0.3 is 25.4 Å². The zero-order valence-corrected chi connectivity index (χ0v) is 24.3. The van der Waals surface area contributed by atoms with E-state index in [2.05, 4.69) is 12.1 Å². The van der Waals surface area contributed by atoms with E-state index in [4.69, 9.17) is 15.2 Å². The predicted molar refractivity (Wildman–Crippen MR) is 151 cm³/mol. The van der Waals surface area contributed by atoms with Crippen LogP contribution in [0.1, 0.15) is 76.2 Å². The molecule has 224 valence electrons. The third-order valence-corrected chi connectivity index (χ3v) is 13.0. The molecule has 1 heterocycles. The number of halogens is 1. The Bertz CT molecular complexity index is 1430. The van der Waals surface area contributed by atoms with Crippen molar-refractivity contribution >= 4 is 11.6 Å². The van der Waals surface area contributed by atoms with Gasteiger partial charge in [-0.3, -0.25) is 9.59 Å². The Morgan fingerprint density at radius 1 is 1.14 bits per heavy atom. The summed E-state index contributed by atoms with van der Waals surface area (Å²) in [5.74, 6) is -1.54. The molecule has 7 aliphatic carbocycles. The number of allylic oxidation sites excluding steroid dienone is 4. The quantitative estimate of drug-likeness (QED) is 0.487. The van der Waals surface area contributed by atoms with Crippen molar-refractivity contribution in [3.63, 3.8) is 0 Å².